The molecule has 0 saturated carbocycles. The van der Waals surface area contributed by atoms with E-state index in [-0.39, 0.29) is 0 Å². The minimum atomic E-state index is 0.612. The predicted octanol–water partition coefficient (Wildman–Crippen LogP) is 5.70. The molecule has 0 N–H and O–H groups in total. The van der Waals surface area contributed by atoms with Crippen molar-refractivity contribution < 1.29 is 4.74 Å². The Morgan fingerprint density at radius 2 is 1.52 bits per heavy atom. The first-order chi connectivity index (χ1) is 10.0. The molecule has 0 fully saturated rings. The molecule has 0 aliphatic heterocycles. The maximum absolute atomic E-state index is 5.96. The molecule has 0 saturated heterocycles. The number of hydrogen-bond acceptors (Lipinski definition) is 1. The second-order valence-corrected chi connectivity index (χ2v) is 6.04. The minimum absolute atomic E-state index is 0.612. The Morgan fingerprint density at radius 1 is 0.952 bits per heavy atom. The van der Waals surface area contributed by atoms with Crippen LogP contribution in [0.1, 0.15) is 54.0 Å². The Bertz CT molecular complexity index is 573. The number of aryl methyl sites for hydroxylation is 3. The first-order valence-electron chi connectivity index (χ1n) is 7.80. The lowest BCUT2D eigenvalue weighted by Gasteiger charge is -2.14. The highest BCUT2D eigenvalue weighted by molar-refractivity contribution is 5.37. The SMILES string of the molecule is CCC(C)c1ccc(OCc2c(C)cc(C)cc2C)cc1. The van der Waals surface area contributed by atoms with Gasteiger partial charge in [-0.05, 0) is 67.5 Å². The second-order valence-electron chi connectivity index (χ2n) is 6.04. The summed E-state index contributed by atoms with van der Waals surface area (Å²) in [6, 6.07) is 13.0. The highest BCUT2D eigenvalue weighted by Gasteiger charge is 2.06. The number of benzene rings is 2. The molecule has 2 rings (SSSR count). The van der Waals surface area contributed by atoms with Gasteiger partial charge in [0.1, 0.15) is 12.4 Å². The second kappa shape index (κ2) is 6.80. The molecule has 21 heavy (non-hydrogen) atoms. The Balaban J connectivity index is 2.07. The largest absolute Gasteiger partial charge is 0.489 e. The molecule has 1 heteroatoms. The van der Waals surface area contributed by atoms with Crippen LogP contribution in [0, 0.1) is 20.8 Å². The van der Waals surface area contributed by atoms with Crippen LogP contribution in [-0.4, -0.2) is 0 Å². The molecule has 0 spiro atoms. The highest BCUT2D eigenvalue weighted by Crippen LogP contribution is 2.23. The fourth-order valence-electron chi connectivity index (χ4n) is 2.72. The van der Waals surface area contributed by atoms with Gasteiger partial charge in [-0.1, -0.05) is 43.7 Å². The van der Waals surface area contributed by atoms with Crippen LogP contribution in [-0.2, 0) is 6.61 Å². The molecule has 0 aliphatic rings. The van der Waals surface area contributed by atoms with Crippen molar-refractivity contribution in [2.75, 3.05) is 0 Å². The van der Waals surface area contributed by atoms with Gasteiger partial charge < -0.3 is 4.74 Å². The van der Waals surface area contributed by atoms with E-state index in [1.165, 1.54) is 34.2 Å². The molecule has 0 bridgehead atoms. The van der Waals surface area contributed by atoms with Gasteiger partial charge >= 0.3 is 0 Å². The Labute approximate surface area is 129 Å². The van der Waals surface area contributed by atoms with Gasteiger partial charge in [-0.3, -0.25) is 0 Å². The summed E-state index contributed by atoms with van der Waals surface area (Å²) < 4.78 is 5.96. The van der Waals surface area contributed by atoms with Crippen molar-refractivity contribution in [1.82, 2.24) is 0 Å². The quantitative estimate of drug-likeness (QED) is 0.683. The first-order valence-corrected chi connectivity index (χ1v) is 7.80. The molecular weight excluding hydrogens is 256 g/mol. The summed E-state index contributed by atoms with van der Waals surface area (Å²) in [5.74, 6) is 1.56. The summed E-state index contributed by atoms with van der Waals surface area (Å²) in [7, 11) is 0. The van der Waals surface area contributed by atoms with E-state index in [4.69, 9.17) is 4.74 Å². The van der Waals surface area contributed by atoms with Crippen molar-refractivity contribution in [3.05, 3.63) is 64.2 Å². The summed E-state index contributed by atoms with van der Waals surface area (Å²) in [6.07, 6.45) is 1.17. The summed E-state index contributed by atoms with van der Waals surface area (Å²) in [4.78, 5) is 0. The third kappa shape index (κ3) is 3.87. The minimum Gasteiger partial charge on any atom is -0.489 e. The van der Waals surface area contributed by atoms with Gasteiger partial charge in [-0.25, -0.2) is 0 Å². The van der Waals surface area contributed by atoms with E-state index in [2.05, 4.69) is 71.0 Å². The smallest absolute Gasteiger partial charge is 0.119 e. The highest BCUT2D eigenvalue weighted by atomic mass is 16.5. The zero-order valence-corrected chi connectivity index (χ0v) is 13.9. The molecule has 0 amide bonds. The standard InChI is InChI=1S/C20H26O/c1-6-15(3)18-7-9-19(10-8-18)21-13-20-16(4)11-14(2)12-17(20)5/h7-12,15H,6,13H2,1-5H3. The van der Waals surface area contributed by atoms with Crippen LogP contribution >= 0.6 is 0 Å². The number of ether oxygens (including phenoxy) is 1. The summed E-state index contributed by atoms with van der Waals surface area (Å²) in [5.41, 5.74) is 6.61. The lowest BCUT2D eigenvalue weighted by Crippen LogP contribution is -2.01. The van der Waals surface area contributed by atoms with Gasteiger partial charge in [0.2, 0.25) is 0 Å². The van der Waals surface area contributed by atoms with Crippen molar-refractivity contribution in [3.63, 3.8) is 0 Å². The zero-order valence-electron chi connectivity index (χ0n) is 13.9. The lowest BCUT2D eigenvalue weighted by atomic mass is 9.99. The number of rotatable bonds is 5. The maximum Gasteiger partial charge on any atom is 0.119 e. The van der Waals surface area contributed by atoms with Gasteiger partial charge in [0, 0.05) is 0 Å². The molecule has 0 aliphatic carbocycles. The van der Waals surface area contributed by atoms with Gasteiger partial charge in [0.25, 0.3) is 0 Å². The molecule has 0 aromatic heterocycles. The van der Waals surface area contributed by atoms with E-state index in [1.54, 1.807) is 0 Å². The van der Waals surface area contributed by atoms with Crippen LogP contribution < -0.4 is 4.74 Å². The normalized spacial score (nSPS) is 12.2. The summed E-state index contributed by atoms with van der Waals surface area (Å²) in [5, 5.41) is 0. The molecule has 0 radical (unpaired) electrons. The zero-order chi connectivity index (χ0) is 15.4. The molecule has 0 heterocycles. The van der Waals surface area contributed by atoms with E-state index in [0.717, 1.165) is 5.75 Å². The molecular formula is C20H26O. The number of hydrogen-bond donors (Lipinski definition) is 0. The van der Waals surface area contributed by atoms with E-state index < -0.39 is 0 Å². The van der Waals surface area contributed by atoms with Gasteiger partial charge in [0.15, 0.2) is 0 Å². The average molecular weight is 282 g/mol. The molecule has 112 valence electrons. The van der Waals surface area contributed by atoms with Crippen molar-refractivity contribution in [3.8, 4) is 5.75 Å². The third-order valence-corrected chi connectivity index (χ3v) is 4.29. The van der Waals surface area contributed by atoms with E-state index in [9.17, 15) is 0 Å². The topological polar surface area (TPSA) is 9.23 Å². The van der Waals surface area contributed by atoms with Crippen LogP contribution in [0.15, 0.2) is 36.4 Å². The third-order valence-electron chi connectivity index (χ3n) is 4.29. The van der Waals surface area contributed by atoms with Crippen LogP contribution in [0.5, 0.6) is 5.75 Å². The molecule has 2 aromatic rings. The maximum atomic E-state index is 5.96. The molecule has 1 atom stereocenters. The molecule has 2 aromatic carbocycles. The predicted molar refractivity (Wildman–Crippen MR) is 90.1 cm³/mol. The van der Waals surface area contributed by atoms with E-state index in [0.29, 0.717) is 12.5 Å². The monoisotopic (exact) mass is 282 g/mol. The van der Waals surface area contributed by atoms with Crippen LogP contribution in [0.3, 0.4) is 0 Å². The van der Waals surface area contributed by atoms with Crippen molar-refractivity contribution in [2.45, 2.75) is 53.6 Å². The van der Waals surface area contributed by atoms with Gasteiger partial charge in [0.05, 0.1) is 0 Å². The lowest BCUT2D eigenvalue weighted by molar-refractivity contribution is 0.304. The molecule has 1 nitrogen and oxygen atoms in total. The van der Waals surface area contributed by atoms with Gasteiger partial charge in [-0.15, -0.1) is 0 Å². The van der Waals surface area contributed by atoms with E-state index in [1.807, 2.05) is 0 Å². The fraction of sp³-hybridized carbons (Fsp3) is 0.400. The van der Waals surface area contributed by atoms with Crippen molar-refractivity contribution in [1.29, 1.82) is 0 Å². The summed E-state index contributed by atoms with van der Waals surface area (Å²) >= 11 is 0. The fourth-order valence-corrected chi connectivity index (χ4v) is 2.72. The molecule has 1 unspecified atom stereocenters. The van der Waals surface area contributed by atoms with Crippen molar-refractivity contribution in [2.24, 2.45) is 0 Å². The Hall–Kier alpha value is -1.76. The van der Waals surface area contributed by atoms with Crippen LogP contribution in [0.25, 0.3) is 0 Å². The average Bonchev–Trinajstić information content (AvgIpc) is 2.46. The Kier molecular flexibility index (Phi) is 5.06. The first kappa shape index (κ1) is 15.6. The van der Waals surface area contributed by atoms with Crippen LogP contribution in [0.2, 0.25) is 0 Å². The van der Waals surface area contributed by atoms with E-state index >= 15 is 0 Å². The van der Waals surface area contributed by atoms with Crippen LogP contribution in [0.4, 0.5) is 0 Å². The van der Waals surface area contributed by atoms with Gasteiger partial charge in [-0.2, -0.15) is 0 Å². The van der Waals surface area contributed by atoms with Crippen molar-refractivity contribution >= 4 is 0 Å². The Morgan fingerprint density at radius 3 is 2.05 bits per heavy atom. The summed E-state index contributed by atoms with van der Waals surface area (Å²) in [6.45, 7) is 11.6.